The third-order valence-electron chi connectivity index (χ3n) is 20.5. The number of benzene rings is 15. The van der Waals surface area contributed by atoms with Crippen molar-refractivity contribution in [3.8, 4) is 97.0 Å². The number of hydrogen-bond donors (Lipinski definition) is 3. The molecular formula is C111H107BBr3IN8Na2O16S2. The molecule has 1 aliphatic heterocycles. The first-order valence-corrected chi connectivity index (χ1v) is 60.6. The van der Waals surface area contributed by atoms with E-state index in [0.29, 0.717) is 17.2 Å². The van der Waals surface area contributed by atoms with E-state index in [9.17, 15) is 10.0 Å². The zero-order valence-electron chi connectivity index (χ0n) is 82.7. The molecule has 4 heterocycles. The van der Waals surface area contributed by atoms with E-state index in [-0.39, 0.29) is 35.9 Å². The molecule has 0 unspecified atom stereocenters. The number of halogens is 4. The summed E-state index contributed by atoms with van der Waals surface area (Å²) in [4.78, 5) is 32.9. The molecule has 15 aromatic carbocycles. The van der Waals surface area contributed by atoms with Crippen LogP contribution in [0.25, 0.3) is 88.5 Å². The Balaban J connectivity index is 0.000000169. The summed E-state index contributed by atoms with van der Waals surface area (Å²) < 4.78 is 92.4. The third-order valence-corrected chi connectivity index (χ3v) is 22.9. The van der Waals surface area contributed by atoms with Gasteiger partial charge in [-0.25, -0.2) is 29.9 Å². The predicted octanol–water partition coefficient (Wildman–Crippen LogP) is 27.3. The number of aromatic hydroxyl groups is 1. The molecule has 1 aliphatic rings. The molecule has 0 saturated carbocycles. The minimum atomic E-state index is -2.95. The van der Waals surface area contributed by atoms with Gasteiger partial charge >= 0.3 is 69.3 Å². The van der Waals surface area contributed by atoms with Crippen LogP contribution in [0.5, 0.6) is 74.7 Å². The molecule has 19 rings (SSSR count). The zero-order valence-corrected chi connectivity index (χ0v) is 95.2. The first-order chi connectivity index (χ1) is 69.2. The summed E-state index contributed by atoms with van der Waals surface area (Å²) in [6.07, 6.45) is 0.0678. The number of alkyl halides is 1. The van der Waals surface area contributed by atoms with Crippen LogP contribution in [0.15, 0.2) is 335 Å². The van der Waals surface area contributed by atoms with Gasteiger partial charge in [-0.05, 0) is 281 Å². The van der Waals surface area contributed by atoms with Gasteiger partial charge in [0.25, 0.3) is 0 Å². The fraction of sp³-hybridized carbons (Fsp3) is 0.189. The number of rotatable bonds is 20. The summed E-state index contributed by atoms with van der Waals surface area (Å²) in [5.74, 6) is 9.02. The minimum absolute atomic E-state index is 0.0328. The number of hydrogen-bond acceptors (Lipinski definition) is 24. The standard InChI is InChI=1S/C34H38N2O3.C28H24N2O3.C18H11BrN2O.C12H6Br2N2.C10H15BO4.C6H6O.C3H7I.2Na.O4S2/c1-22(2)35-29-19-17-27(39-26-12-9-8-10-13-26)21-31(29)36(23(3)4)28-18-16-25(20-30(28)35)34-32(37-7)14-11-15-33(34)38-24(5)6;1-18(2)32-27-11-7-10-26(31-3)28(27)19-12-14-22-24(16-19)29-23-15-13-21(17-25(23)30-22)33-20-8-5-4-6-9-20;19-12-6-8-15-17(10-12)20-16-9-7-14(11-18(16)21-15)22-13-4-2-1-3-5-13;13-7-1-3-9-11(5-7)16-10-4-2-8(14)6-12(10)15-9;1-7(2)15-9-6-4-5-8(14-3)10(9)11(12)13;7-6-4-2-1-3-5-6;1-3(2)4;;;1-5(2)6(3)4/h8-24H,1-7H3;4-18H,1-3H3;1-11H;1-6H;4-7,12-13H,1-3H3;1-5,7H;3H,1-2H3;;;. The molecule has 0 bridgehead atoms. The summed E-state index contributed by atoms with van der Waals surface area (Å²) >= 11 is 15.6. The van der Waals surface area contributed by atoms with Crippen molar-refractivity contribution in [3.63, 3.8) is 0 Å². The Bertz CT molecular complexity index is 7540. The third kappa shape index (κ3) is 32.2. The van der Waals surface area contributed by atoms with E-state index >= 15 is 0 Å². The second-order valence-electron chi connectivity index (χ2n) is 33.3. The maximum atomic E-state index is 9.22. The van der Waals surface area contributed by atoms with Crippen LogP contribution in [0.2, 0.25) is 0 Å². The van der Waals surface area contributed by atoms with Crippen molar-refractivity contribution in [3.05, 3.63) is 335 Å². The average Bonchev–Trinajstić information content (AvgIpc) is 0.729. The van der Waals surface area contributed by atoms with Gasteiger partial charge in [0, 0.05) is 47.6 Å². The van der Waals surface area contributed by atoms with E-state index in [1.54, 1.807) is 56.7 Å². The van der Waals surface area contributed by atoms with Gasteiger partial charge in [0.2, 0.25) is 0 Å². The molecule has 0 atom stereocenters. The van der Waals surface area contributed by atoms with Gasteiger partial charge in [-0.15, -0.1) is 0 Å². The molecule has 0 spiro atoms. The van der Waals surface area contributed by atoms with Crippen molar-refractivity contribution in [2.24, 2.45) is 0 Å². The number of fused-ring (bicyclic) bond motifs is 8. The zero-order chi connectivity index (χ0) is 104. The molecule has 0 radical (unpaired) electrons. The molecule has 3 N–H and O–H groups in total. The van der Waals surface area contributed by atoms with Crippen LogP contribution in [-0.2, 0) is 18.5 Å². The van der Waals surface area contributed by atoms with E-state index in [1.165, 1.54) is 50.7 Å². The Kier molecular flexibility index (Phi) is 43.6. The van der Waals surface area contributed by atoms with Crippen molar-refractivity contribution in [2.45, 2.75) is 117 Å². The number of aromatic nitrogens is 6. The predicted molar refractivity (Wildman–Crippen MR) is 602 cm³/mol. The van der Waals surface area contributed by atoms with E-state index in [0.717, 1.165) is 186 Å². The van der Waals surface area contributed by atoms with Crippen LogP contribution in [0.4, 0.5) is 22.7 Å². The molecule has 18 aromatic rings. The monoisotopic (exact) mass is 2290 g/mol. The van der Waals surface area contributed by atoms with Crippen LogP contribution in [0.1, 0.15) is 83.1 Å². The van der Waals surface area contributed by atoms with Crippen LogP contribution in [0, 0.1) is 0 Å². The number of ether oxygens (including phenoxy) is 9. The van der Waals surface area contributed by atoms with Gasteiger partial charge in [-0.3, -0.25) is 0 Å². The fourth-order valence-electron chi connectivity index (χ4n) is 14.8. The van der Waals surface area contributed by atoms with Crippen LogP contribution in [0.3, 0.4) is 0 Å². The molecule has 0 aliphatic carbocycles. The van der Waals surface area contributed by atoms with E-state index in [1.807, 2.05) is 284 Å². The van der Waals surface area contributed by atoms with Crippen LogP contribution < -0.4 is 57.9 Å². The fourth-order valence-corrected chi connectivity index (χ4v) is 15.9. The summed E-state index contributed by atoms with van der Waals surface area (Å²) in [6, 6.07) is 104. The molecule has 24 nitrogen and oxygen atoms in total. The van der Waals surface area contributed by atoms with Crippen molar-refractivity contribution < 1.29 is 74.6 Å². The molecular weight excluding hydrogens is 2190 g/mol. The number of nitrogens with zero attached hydrogens (tertiary/aromatic N) is 8. The van der Waals surface area contributed by atoms with Gasteiger partial charge in [0.1, 0.15) is 74.7 Å². The molecule has 732 valence electrons. The van der Waals surface area contributed by atoms with Crippen molar-refractivity contribution in [1.29, 1.82) is 0 Å². The Hall–Kier alpha value is -11.5. The SMILES string of the molecule is Brc1ccc2nc3cc(Br)ccc3nc2c1.Brc1ccc2nc3cc(Oc4ccccc4)ccc3nc2c1.CC(C)I.COc1cccc(OC(C)C)c1-c1ccc2c(c1)N(C(C)C)c1ccc(Oc3ccccc3)cc1N2C(C)C.COc1cccc(OC(C)C)c1-c1ccc2nc3cc(Oc4ccccc4)ccc3nc2c1.COc1cccc(OC(C)C)c1B(O)O.O=S(=O)=S(=O)=O.Oc1ccccc1.[Na][Na]. The Labute approximate surface area is 909 Å². The first-order valence-electron chi connectivity index (χ1n) is 46.3. The first kappa shape index (κ1) is 113. The average molecular weight is 2300 g/mol. The van der Waals surface area contributed by atoms with Crippen molar-refractivity contribution in [2.75, 3.05) is 31.1 Å². The van der Waals surface area contributed by atoms with Gasteiger partial charge in [-0.2, -0.15) is 16.8 Å². The molecule has 33 heteroatoms. The second kappa shape index (κ2) is 55.7. The topological polar surface area (TPSA) is 296 Å². The Morgan fingerprint density at radius 1 is 0.306 bits per heavy atom. The molecule has 144 heavy (non-hydrogen) atoms. The quantitative estimate of drug-likeness (QED) is 0.0276. The van der Waals surface area contributed by atoms with Crippen LogP contribution in [-0.4, -0.2) is 168 Å². The maximum absolute atomic E-state index is 9.22. The summed E-state index contributed by atoms with van der Waals surface area (Å²) in [6.45, 7) is 25.1. The normalized spacial score (nSPS) is 11.0. The van der Waals surface area contributed by atoms with Crippen molar-refractivity contribution in [1.82, 2.24) is 29.9 Å². The van der Waals surface area contributed by atoms with E-state index in [4.69, 9.17) is 74.5 Å². The Morgan fingerprint density at radius 2 is 0.583 bits per heavy atom. The van der Waals surface area contributed by atoms with E-state index < -0.39 is 25.6 Å². The number of methoxy groups -OCH3 is 3. The second-order valence-corrected chi connectivity index (χ2v) is 41.0. The Morgan fingerprint density at radius 3 is 0.917 bits per heavy atom. The molecule has 3 aromatic heterocycles. The number of anilines is 4. The molecule has 0 saturated heterocycles. The van der Waals surface area contributed by atoms with Gasteiger partial charge < -0.3 is 67.6 Å². The van der Waals surface area contributed by atoms with Gasteiger partial charge in [0.05, 0.1) is 145 Å². The van der Waals surface area contributed by atoms with Crippen LogP contribution >= 0.6 is 70.4 Å². The molecule has 0 fully saturated rings. The summed E-state index contributed by atoms with van der Waals surface area (Å²) in [5.41, 5.74) is 19.0. The number of phenols is 1. The van der Waals surface area contributed by atoms with Gasteiger partial charge in [-0.1, -0.05) is 187 Å². The number of phenolic OH excluding ortho intramolecular Hbond substituents is 1. The summed E-state index contributed by atoms with van der Waals surface area (Å²) in [7, 11) is -2.65. The van der Waals surface area contributed by atoms with Gasteiger partial charge in [0.15, 0.2) is 0 Å². The van der Waals surface area contributed by atoms with E-state index in [2.05, 4.69) is 178 Å². The molecule has 0 amide bonds. The van der Waals surface area contributed by atoms with Crippen molar-refractivity contribution >= 4 is 234 Å². The number of para-hydroxylation sites is 4. The summed E-state index contributed by atoms with van der Waals surface area (Å²) in [5, 5.41) is 27.1.